The number of ether oxygens (including phenoxy) is 1. The number of nitrogens with one attached hydrogen (secondary N) is 1. The van der Waals surface area contributed by atoms with Crippen LogP contribution in [0.25, 0.3) is 0 Å². The molecule has 2 nitrogen and oxygen atoms in total. The van der Waals surface area contributed by atoms with E-state index < -0.39 is 11.9 Å². The number of methoxy groups -OCH3 is 1. The number of halogens is 3. The molecule has 0 radical (unpaired) electrons. The summed E-state index contributed by atoms with van der Waals surface area (Å²) < 4.78 is 42.5. The molecular weight excluding hydrogens is 299 g/mol. The summed E-state index contributed by atoms with van der Waals surface area (Å²) in [5.41, 5.74) is 0.786. The second-order valence-corrected chi connectivity index (χ2v) is 6.28. The molecule has 2 atom stereocenters. The van der Waals surface area contributed by atoms with Crippen LogP contribution in [-0.4, -0.2) is 31.2 Å². The highest BCUT2D eigenvalue weighted by molar-refractivity contribution is 7.99. The van der Waals surface area contributed by atoms with Gasteiger partial charge >= 0.3 is 6.18 Å². The molecule has 1 fully saturated rings. The SMILES string of the molecule is COC1CCCC(Nc2ccccc2SCC(F)(F)F)C1. The van der Waals surface area contributed by atoms with E-state index in [9.17, 15) is 13.2 Å². The molecule has 0 aromatic heterocycles. The Morgan fingerprint density at radius 2 is 2.05 bits per heavy atom. The number of anilines is 1. The summed E-state index contributed by atoms with van der Waals surface area (Å²) in [6.45, 7) is 0. The first-order chi connectivity index (χ1) is 9.98. The third kappa shape index (κ3) is 5.43. The first kappa shape index (κ1) is 16.5. The molecule has 2 rings (SSSR count). The first-order valence-electron chi connectivity index (χ1n) is 7.06. The number of thioether (sulfide) groups is 1. The molecule has 2 unspecified atom stereocenters. The van der Waals surface area contributed by atoms with Crippen LogP contribution in [-0.2, 0) is 4.74 Å². The Hall–Kier alpha value is -0.880. The number of benzene rings is 1. The van der Waals surface area contributed by atoms with Crippen LogP contribution in [0.1, 0.15) is 25.7 Å². The van der Waals surface area contributed by atoms with Crippen molar-refractivity contribution in [1.29, 1.82) is 0 Å². The molecule has 0 aliphatic heterocycles. The Balaban J connectivity index is 1.99. The van der Waals surface area contributed by atoms with Crippen molar-refractivity contribution in [3.63, 3.8) is 0 Å². The molecule has 0 saturated heterocycles. The Morgan fingerprint density at radius 3 is 2.76 bits per heavy atom. The molecule has 21 heavy (non-hydrogen) atoms. The molecule has 1 aromatic rings. The normalized spacial score (nSPS) is 23.0. The molecule has 1 saturated carbocycles. The third-order valence-corrected chi connectivity index (χ3v) is 4.74. The van der Waals surface area contributed by atoms with Gasteiger partial charge in [-0.1, -0.05) is 12.1 Å². The van der Waals surface area contributed by atoms with Crippen LogP contribution in [0.4, 0.5) is 18.9 Å². The van der Waals surface area contributed by atoms with Gasteiger partial charge in [0.1, 0.15) is 0 Å². The maximum atomic E-state index is 12.4. The van der Waals surface area contributed by atoms with Gasteiger partial charge in [-0.05, 0) is 37.8 Å². The van der Waals surface area contributed by atoms with Crippen LogP contribution in [0.3, 0.4) is 0 Å². The van der Waals surface area contributed by atoms with E-state index in [-0.39, 0.29) is 12.1 Å². The molecule has 0 spiro atoms. The van der Waals surface area contributed by atoms with Crippen molar-refractivity contribution >= 4 is 17.4 Å². The highest BCUT2D eigenvalue weighted by Gasteiger charge is 2.28. The fourth-order valence-electron chi connectivity index (χ4n) is 2.58. The highest BCUT2D eigenvalue weighted by Crippen LogP contribution is 2.33. The Kier molecular flexibility index (Phi) is 5.81. The van der Waals surface area contributed by atoms with E-state index in [1.165, 1.54) is 0 Å². The largest absolute Gasteiger partial charge is 0.398 e. The summed E-state index contributed by atoms with van der Waals surface area (Å²) in [6.07, 6.45) is 0.148. The lowest BCUT2D eigenvalue weighted by Crippen LogP contribution is -2.31. The van der Waals surface area contributed by atoms with Crippen LogP contribution in [0.5, 0.6) is 0 Å². The van der Waals surface area contributed by atoms with Gasteiger partial charge in [0, 0.05) is 23.7 Å². The number of rotatable bonds is 5. The van der Waals surface area contributed by atoms with E-state index in [1.54, 1.807) is 19.2 Å². The van der Waals surface area contributed by atoms with Crippen LogP contribution in [0.2, 0.25) is 0 Å². The van der Waals surface area contributed by atoms with Gasteiger partial charge in [-0.25, -0.2) is 0 Å². The number of hydrogen-bond donors (Lipinski definition) is 1. The van der Waals surface area contributed by atoms with Gasteiger partial charge in [0.05, 0.1) is 11.9 Å². The molecule has 118 valence electrons. The van der Waals surface area contributed by atoms with Crippen molar-refractivity contribution in [2.24, 2.45) is 0 Å². The summed E-state index contributed by atoms with van der Waals surface area (Å²) in [7, 11) is 1.71. The number of para-hydroxylation sites is 1. The molecule has 0 heterocycles. The Bertz CT molecular complexity index is 453. The van der Waals surface area contributed by atoms with Gasteiger partial charge in [0.25, 0.3) is 0 Å². The summed E-state index contributed by atoms with van der Waals surface area (Å²) in [6, 6.07) is 7.44. The summed E-state index contributed by atoms with van der Waals surface area (Å²) in [5.74, 6) is -0.864. The first-order valence-corrected chi connectivity index (χ1v) is 8.04. The van der Waals surface area contributed by atoms with E-state index >= 15 is 0 Å². The second kappa shape index (κ2) is 7.40. The second-order valence-electron chi connectivity index (χ2n) is 5.27. The smallest absolute Gasteiger partial charge is 0.381 e. The fraction of sp³-hybridized carbons (Fsp3) is 0.600. The van der Waals surface area contributed by atoms with Crippen molar-refractivity contribution in [2.75, 3.05) is 18.2 Å². The van der Waals surface area contributed by atoms with Crippen molar-refractivity contribution in [3.05, 3.63) is 24.3 Å². The molecule has 6 heteroatoms. The van der Waals surface area contributed by atoms with Gasteiger partial charge in [-0.2, -0.15) is 13.2 Å². The van der Waals surface area contributed by atoms with Gasteiger partial charge in [0.15, 0.2) is 0 Å². The summed E-state index contributed by atoms with van der Waals surface area (Å²) >= 11 is 0.830. The Labute approximate surface area is 127 Å². The lowest BCUT2D eigenvalue weighted by molar-refractivity contribution is -0.105. The number of alkyl halides is 3. The van der Waals surface area contributed by atoms with Gasteiger partial charge in [-0.15, -0.1) is 11.8 Å². The lowest BCUT2D eigenvalue weighted by Gasteiger charge is -2.30. The number of hydrogen-bond acceptors (Lipinski definition) is 3. The van der Waals surface area contributed by atoms with E-state index in [2.05, 4.69) is 5.32 Å². The fourth-order valence-corrected chi connectivity index (χ4v) is 3.36. The van der Waals surface area contributed by atoms with Crippen LogP contribution in [0.15, 0.2) is 29.2 Å². The molecule has 0 amide bonds. The molecule has 0 bridgehead atoms. The van der Waals surface area contributed by atoms with Crippen LogP contribution >= 0.6 is 11.8 Å². The van der Waals surface area contributed by atoms with Crippen molar-refractivity contribution in [1.82, 2.24) is 0 Å². The van der Waals surface area contributed by atoms with Gasteiger partial charge in [0.2, 0.25) is 0 Å². The van der Waals surface area contributed by atoms with Crippen LogP contribution < -0.4 is 5.32 Å². The summed E-state index contributed by atoms with van der Waals surface area (Å²) in [4.78, 5) is 0.648. The minimum atomic E-state index is -4.15. The van der Waals surface area contributed by atoms with Crippen molar-refractivity contribution in [3.8, 4) is 0 Å². The maximum absolute atomic E-state index is 12.4. The zero-order valence-electron chi connectivity index (χ0n) is 12.0. The minimum Gasteiger partial charge on any atom is -0.381 e. The zero-order valence-corrected chi connectivity index (χ0v) is 12.8. The lowest BCUT2D eigenvalue weighted by atomic mass is 9.92. The predicted molar refractivity (Wildman–Crippen MR) is 79.9 cm³/mol. The van der Waals surface area contributed by atoms with Crippen molar-refractivity contribution in [2.45, 2.75) is 48.9 Å². The van der Waals surface area contributed by atoms with E-state index in [0.717, 1.165) is 43.1 Å². The van der Waals surface area contributed by atoms with Gasteiger partial charge in [-0.3, -0.25) is 0 Å². The topological polar surface area (TPSA) is 21.3 Å². The monoisotopic (exact) mass is 319 g/mol. The highest BCUT2D eigenvalue weighted by atomic mass is 32.2. The van der Waals surface area contributed by atoms with E-state index in [1.807, 2.05) is 12.1 Å². The quantitative estimate of drug-likeness (QED) is 0.794. The molecule has 1 N–H and O–H groups in total. The van der Waals surface area contributed by atoms with Crippen LogP contribution in [0, 0.1) is 0 Å². The minimum absolute atomic E-state index is 0.242. The van der Waals surface area contributed by atoms with E-state index in [4.69, 9.17) is 4.74 Å². The molecule has 1 aromatic carbocycles. The predicted octanol–water partition coefficient (Wildman–Crippen LogP) is 4.71. The molecular formula is C15H20F3NOS. The summed E-state index contributed by atoms with van der Waals surface area (Å²) in [5, 5.41) is 3.38. The molecule has 1 aliphatic carbocycles. The Morgan fingerprint density at radius 1 is 1.29 bits per heavy atom. The maximum Gasteiger partial charge on any atom is 0.398 e. The zero-order chi connectivity index (χ0) is 15.3. The van der Waals surface area contributed by atoms with E-state index in [0.29, 0.717) is 4.90 Å². The van der Waals surface area contributed by atoms with Gasteiger partial charge < -0.3 is 10.1 Å². The average molecular weight is 319 g/mol. The third-order valence-electron chi connectivity index (χ3n) is 3.60. The molecule has 1 aliphatic rings. The van der Waals surface area contributed by atoms with Crippen molar-refractivity contribution < 1.29 is 17.9 Å². The average Bonchev–Trinajstić information content (AvgIpc) is 2.46. The standard InChI is InChI=1S/C15H20F3NOS/c1-20-12-6-4-5-11(9-12)19-13-7-2-3-8-14(13)21-10-15(16,17)18/h2-3,7-8,11-12,19H,4-6,9-10H2,1H3.